The van der Waals surface area contributed by atoms with Crippen LogP contribution in [0.4, 0.5) is 10.8 Å². The van der Waals surface area contributed by atoms with Gasteiger partial charge in [0.15, 0.2) is 10.9 Å². The highest BCUT2D eigenvalue weighted by Crippen LogP contribution is 2.27. The van der Waals surface area contributed by atoms with Gasteiger partial charge < -0.3 is 14.6 Å². The van der Waals surface area contributed by atoms with E-state index in [2.05, 4.69) is 39.3 Å². The molecular weight excluding hydrogens is 438 g/mol. The summed E-state index contributed by atoms with van der Waals surface area (Å²) in [6.45, 7) is 10.3. The molecular formula is C24H29N5O3S. The van der Waals surface area contributed by atoms with Crippen molar-refractivity contribution < 1.29 is 14.0 Å². The lowest BCUT2D eigenvalue weighted by Crippen LogP contribution is -2.48. The molecule has 3 heterocycles. The topological polar surface area (TPSA) is 90.7 Å². The highest BCUT2D eigenvalue weighted by molar-refractivity contribution is 7.14. The van der Waals surface area contributed by atoms with Crippen LogP contribution in [-0.4, -0.2) is 53.9 Å². The van der Waals surface area contributed by atoms with Crippen LogP contribution in [0.15, 0.2) is 46.2 Å². The Morgan fingerprint density at radius 2 is 1.82 bits per heavy atom. The number of benzene rings is 1. The Bertz CT molecular complexity index is 1100. The highest BCUT2D eigenvalue weighted by atomic mass is 32.1. The minimum Gasteiger partial charge on any atom is -0.458 e. The standard InChI is InChI=1S/C24H29N5O3S/c1-16(2)28-10-12-29(13-11-28)19-6-4-18(5-7-19)23(31)27-24-26-21(15-33-24)22-9-8-20(32-22)14-25-17(3)30/h4-9,15-16H,10-14H2,1-3H3,(H,25,30)(H,26,27,31). The number of thiazole rings is 1. The molecule has 1 aromatic carbocycles. The SMILES string of the molecule is CC(=O)NCc1ccc(-c2csc(NC(=O)c3ccc(N4CCN(C(C)C)CC4)cc3)n2)o1. The summed E-state index contributed by atoms with van der Waals surface area (Å²) in [6, 6.07) is 11.9. The van der Waals surface area contributed by atoms with Crippen LogP contribution < -0.4 is 15.5 Å². The molecule has 1 aliphatic heterocycles. The Morgan fingerprint density at radius 1 is 1.09 bits per heavy atom. The summed E-state index contributed by atoms with van der Waals surface area (Å²) in [5, 5.41) is 7.89. The van der Waals surface area contributed by atoms with E-state index in [1.54, 1.807) is 12.1 Å². The number of aromatic nitrogens is 1. The van der Waals surface area contributed by atoms with Crippen molar-refractivity contribution in [2.24, 2.45) is 0 Å². The van der Waals surface area contributed by atoms with Crippen molar-refractivity contribution in [1.29, 1.82) is 0 Å². The maximum atomic E-state index is 12.7. The van der Waals surface area contributed by atoms with E-state index in [-0.39, 0.29) is 11.8 Å². The van der Waals surface area contributed by atoms with Crippen molar-refractivity contribution in [3.05, 3.63) is 53.1 Å². The Morgan fingerprint density at radius 3 is 2.48 bits per heavy atom. The van der Waals surface area contributed by atoms with Gasteiger partial charge in [-0.3, -0.25) is 19.8 Å². The number of nitrogens with one attached hydrogen (secondary N) is 2. The van der Waals surface area contributed by atoms with Gasteiger partial charge in [0, 0.05) is 55.8 Å². The first-order valence-corrected chi connectivity index (χ1v) is 12.0. The average Bonchev–Trinajstić information content (AvgIpc) is 3.47. The van der Waals surface area contributed by atoms with Gasteiger partial charge in [0.2, 0.25) is 5.91 Å². The maximum Gasteiger partial charge on any atom is 0.257 e. The lowest BCUT2D eigenvalue weighted by atomic mass is 10.1. The summed E-state index contributed by atoms with van der Waals surface area (Å²) in [4.78, 5) is 33.0. The first-order valence-electron chi connectivity index (χ1n) is 11.1. The number of anilines is 2. The first-order chi connectivity index (χ1) is 15.9. The number of carbonyl (C=O) groups excluding carboxylic acids is 2. The molecule has 33 heavy (non-hydrogen) atoms. The number of hydrogen-bond donors (Lipinski definition) is 2. The van der Waals surface area contributed by atoms with Gasteiger partial charge >= 0.3 is 0 Å². The minimum atomic E-state index is -0.196. The molecule has 174 valence electrons. The van der Waals surface area contributed by atoms with Gasteiger partial charge in [-0.25, -0.2) is 4.98 Å². The van der Waals surface area contributed by atoms with E-state index in [4.69, 9.17) is 4.42 Å². The number of furan rings is 1. The van der Waals surface area contributed by atoms with E-state index in [0.29, 0.717) is 40.5 Å². The molecule has 1 aliphatic rings. The third kappa shape index (κ3) is 5.80. The van der Waals surface area contributed by atoms with Crippen LogP contribution in [-0.2, 0) is 11.3 Å². The molecule has 0 atom stereocenters. The van der Waals surface area contributed by atoms with Gasteiger partial charge in [-0.05, 0) is 50.2 Å². The third-order valence-corrected chi connectivity index (χ3v) is 6.45. The summed E-state index contributed by atoms with van der Waals surface area (Å²) >= 11 is 1.34. The zero-order valence-corrected chi connectivity index (χ0v) is 19.9. The van der Waals surface area contributed by atoms with Crippen molar-refractivity contribution in [1.82, 2.24) is 15.2 Å². The molecule has 2 N–H and O–H groups in total. The zero-order valence-electron chi connectivity index (χ0n) is 19.1. The van der Waals surface area contributed by atoms with Crippen LogP contribution in [0, 0.1) is 0 Å². The van der Waals surface area contributed by atoms with E-state index < -0.39 is 0 Å². The average molecular weight is 468 g/mol. The Hall–Kier alpha value is -3.17. The molecule has 0 spiro atoms. The summed E-state index contributed by atoms with van der Waals surface area (Å²) in [6.07, 6.45) is 0. The normalized spacial score (nSPS) is 14.5. The number of amides is 2. The van der Waals surface area contributed by atoms with E-state index >= 15 is 0 Å². The number of hydrogen-bond acceptors (Lipinski definition) is 7. The lowest BCUT2D eigenvalue weighted by Gasteiger charge is -2.38. The minimum absolute atomic E-state index is 0.117. The maximum absolute atomic E-state index is 12.7. The Balaban J connectivity index is 1.33. The van der Waals surface area contributed by atoms with Crippen LogP contribution in [0.1, 0.15) is 36.9 Å². The van der Waals surface area contributed by atoms with Gasteiger partial charge in [-0.2, -0.15) is 0 Å². The summed E-state index contributed by atoms with van der Waals surface area (Å²) in [7, 11) is 0. The molecule has 2 amide bonds. The Kier molecular flexibility index (Phi) is 7.10. The Labute approximate surface area is 197 Å². The van der Waals surface area contributed by atoms with Gasteiger partial charge in [0.25, 0.3) is 5.91 Å². The monoisotopic (exact) mass is 467 g/mol. The van der Waals surface area contributed by atoms with Gasteiger partial charge in [-0.15, -0.1) is 11.3 Å². The van der Waals surface area contributed by atoms with Crippen LogP contribution in [0.25, 0.3) is 11.5 Å². The van der Waals surface area contributed by atoms with E-state index in [1.165, 1.54) is 18.3 Å². The van der Waals surface area contributed by atoms with E-state index in [9.17, 15) is 9.59 Å². The van der Waals surface area contributed by atoms with Crippen LogP contribution in [0.5, 0.6) is 0 Å². The molecule has 8 nitrogen and oxygen atoms in total. The molecule has 0 saturated carbocycles. The molecule has 1 saturated heterocycles. The summed E-state index contributed by atoms with van der Waals surface area (Å²) in [5.41, 5.74) is 2.37. The molecule has 0 radical (unpaired) electrons. The van der Waals surface area contributed by atoms with Gasteiger partial charge in [0.1, 0.15) is 11.5 Å². The van der Waals surface area contributed by atoms with Crippen LogP contribution >= 0.6 is 11.3 Å². The summed E-state index contributed by atoms with van der Waals surface area (Å²) in [5.74, 6) is 0.921. The molecule has 0 unspecified atom stereocenters. The molecule has 3 aromatic rings. The van der Waals surface area contributed by atoms with Crippen LogP contribution in [0.3, 0.4) is 0 Å². The second-order valence-corrected chi connectivity index (χ2v) is 9.19. The zero-order chi connectivity index (χ0) is 23.4. The quantitative estimate of drug-likeness (QED) is 0.549. The number of carbonyl (C=O) groups is 2. The molecule has 2 aromatic heterocycles. The number of rotatable bonds is 7. The number of piperazine rings is 1. The van der Waals surface area contributed by atoms with Crippen molar-refractivity contribution in [2.75, 3.05) is 36.4 Å². The highest BCUT2D eigenvalue weighted by Gasteiger charge is 2.19. The second kappa shape index (κ2) is 10.2. The molecule has 4 rings (SSSR count). The number of nitrogens with zero attached hydrogens (tertiary/aromatic N) is 3. The van der Waals surface area contributed by atoms with E-state index in [1.807, 2.05) is 29.6 Å². The van der Waals surface area contributed by atoms with Crippen molar-refractivity contribution in [2.45, 2.75) is 33.4 Å². The summed E-state index contributed by atoms with van der Waals surface area (Å²) < 4.78 is 5.72. The largest absolute Gasteiger partial charge is 0.458 e. The molecule has 1 fully saturated rings. The second-order valence-electron chi connectivity index (χ2n) is 8.33. The molecule has 0 aliphatic carbocycles. The first kappa shape index (κ1) is 23.0. The van der Waals surface area contributed by atoms with Crippen molar-refractivity contribution in [3.63, 3.8) is 0 Å². The fourth-order valence-corrected chi connectivity index (χ4v) is 4.45. The molecule has 9 heteroatoms. The predicted molar refractivity (Wildman–Crippen MR) is 131 cm³/mol. The van der Waals surface area contributed by atoms with Gasteiger partial charge in [-0.1, -0.05) is 0 Å². The van der Waals surface area contributed by atoms with Gasteiger partial charge in [0.05, 0.1) is 6.54 Å². The third-order valence-electron chi connectivity index (χ3n) is 5.69. The lowest BCUT2D eigenvalue weighted by molar-refractivity contribution is -0.119. The van der Waals surface area contributed by atoms with Crippen molar-refractivity contribution >= 4 is 34.0 Å². The van der Waals surface area contributed by atoms with Crippen LogP contribution in [0.2, 0.25) is 0 Å². The fraction of sp³-hybridized carbons (Fsp3) is 0.375. The smallest absolute Gasteiger partial charge is 0.257 e. The van der Waals surface area contributed by atoms with E-state index in [0.717, 1.165) is 31.9 Å². The molecule has 0 bridgehead atoms. The fourth-order valence-electron chi connectivity index (χ4n) is 3.76. The predicted octanol–water partition coefficient (Wildman–Crippen LogP) is 3.82. The van der Waals surface area contributed by atoms with Crippen molar-refractivity contribution in [3.8, 4) is 11.5 Å².